The normalized spacial score (nSPS) is 13.8. The van der Waals surface area contributed by atoms with Crippen molar-refractivity contribution in [1.82, 2.24) is 0 Å². The summed E-state index contributed by atoms with van der Waals surface area (Å²) >= 11 is 11.0. The zero-order valence-corrected chi connectivity index (χ0v) is 7.44. The van der Waals surface area contributed by atoms with Crippen molar-refractivity contribution in [2.75, 3.05) is 0 Å². The second-order valence-electron chi connectivity index (χ2n) is 2.46. The number of alkyl halides is 4. The molecule has 0 aliphatic carbocycles. The molecule has 0 rings (SSSR count). The smallest absolute Gasteiger partial charge is 0.207 e. The topological polar surface area (TPSA) is 0 Å². The van der Waals surface area contributed by atoms with Crippen molar-refractivity contribution < 1.29 is 8.78 Å². The average Bonchev–Trinajstić information content (AvgIpc) is 1.60. The molecule has 0 saturated heterocycles. The summed E-state index contributed by atoms with van der Waals surface area (Å²) in [6, 6.07) is 0. The van der Waals surface area contributed by atoms with Gasteiger partial charge in [0.2, 0.25) is 5.92 Å². The molecule has 0 aliphatic rings. The number of hydrogen-bond acceptors (Lipinski definition) is 0. The third kappa shape index (κ3) is 5.24. The highest BCUT2D eigenvalue weighted by atomic mass is 35.5. The quantitative estimate of drug-likeness (QED) is 0.597. The maximum absolute atomic E-state index is 12.2. The molecule has 0 nitrogen and oxygen atoms in total. The Bertz CT molecular complexity index is 107. The van der Waals surface area contributed by atoms with Crippen LogP contribution in [0.25, 0.3) is 0 Å². The van der Waals surface area contributed by atoms with Crippen LogP contribution in [0.1, 0.15) is 26.7 Å². The molecule has 0 saturated carbocycles. The summed E-state index contributed by atoms with van der Waals surface area (Å²) in [6.45, 7) is 2.48. The lowest BCUT2D eigenvalue weighted by Crippen LogP contribution is -2.23. The molecular formula is C6H10Cl2F2. The van der Waals surface area contributed by atoms with E-state index in [0.29, 0.717) is 6.42 Å². The number of hydrogen-bond donors (Lipinski definition) is 0. The second kappa shape index (κ2) is 3.22. The van der Waals surface area contributed by atoms with Crippen molar-refractivity contribution in [2.45, 2.75) is 36.9 Å². The van der Waals surface area contributed by atoms with Gasteiger partial charge < -0.3 is 0 Å². The highest BCUT2D eigenvalue weighted by Crippen LogP contribution is 2.36. The molecule has 0 aromatic carbocycles. The van der Waals surface area contributed by atoms with Gasteiger partial charge in [-0.3, -0.25) is 0 Å². The van der Waals surface area contributed by atoms with Crippen LogP contribution in [0.2, 0.25) is 0 Å². The van der Waals surface area contributed by atoms with Gasteiger partial charge in [-0.25, -0.2) is 8.78 Å². The number of rotatable bonds is 3. The standard InChI is InChI=1S/C6H10Cl2F2/c1-3-6(7,8)4-5(2,9)10/h3-4H2,1-2H3. The Labute approximate surface area is 69.5 Å². The van der Waals surface area contributed by atoms with E-state index in [1.54, 1.807) is 6.92 Å². The van der Waals surface area contributed by atoms with E-state index in [9.17, 15) is 8.78 Å². The first-order valence-electron chi connectivity index (χ1n) is 3.02. The largest absolute Gasteiger partial charge is 0.248 e. The Hall–Kier alpha value is 0.440. The molecule has 0 amide bonds. The molecule has 4 heteroatoms. The van der Waals surface area contributed by atoms with E-state index in [1.165, 1.54) is 0 Å². The predicted molar refractivity (Wildman–Crippen MR) is 40.0 cm³/mol. The van der Waals surface area contributed by atoms with Crippen molar-refractivity contribution >= 4 is 23.2 Å². The highest BCUT2D eigenvalue weighted by Gasteiger charge is 2.34. The van der Waals surface area contributed by atoms with E-state index in [0.717, 1.165) is 6.92 Å². The van der Waals surface area contributed by atoms with E-state index in [-0.39, 0.29) is 0 Å². The fourth-order valence-corrected chi connectivity index (χ4v) is 1.05. The monoisotopic (exact) mass is 190 g/mol. The average molecular weight is 191 g/mol. The molecule has 0 aliphatic heterocycles. The molecule has 10 heavy (non-hydrogen) atoms. The molecule has 0 aromatic heterocycles. The maximum Gasteiger partial charge on any atom is 0.248 e. The second-order valence-corrected chi connectivity index (χ2v) is 4.10. The van der Waals surface area contributed by atoms with Gasteiger partial charge in [0.15, 0.2) is 0 Å². The third-order valence-corrected chi connectivity index (χ3v) is 1.89. The number of halogens is 4. The lowest BCUT2D eigenvalue weighted by molar-refractivity contribution is 0.00851. The van der Waals surface area contributed by atoms with Crippen molar-refractivity contribution in [3.05, 3.63) is 0 Å². The van der Waals surface area contributed by atoms with Crippen molar-refractivity contribution in [3.8, 4) is 0 Å². The molecule has 0 aromatic rings. The van der Waals surface area contributed by atoms with E-state index in [4.69, 9.17) is 23.2 Å². The maximum atomic E-state index is 12.2. The SMILES string of the molecule is CCC(Cl)(Cl)CC(C)(F)F. The summed E-state index contributed by atoms with van der Waals surface area (Å²) in [5, 5.41) is 0. The van der Waals surface area contributed by atoms with Crippen LogP contribution in [0.3, 0.4) is 0 Å². The fraction of sp³-hybridized carbons (Fsp3) is 1.00. The van der Waals surface area contributed by atoms with Crippen molar-refractivity contribution in [2.24, 2.45) is 0 Å². The summed E-state index contributed by atoms with van der Waals surface area (Å²) in [6.07, 6.45) is -0.154. The van der Waals surface area contributed by atoms with Crippen LogP contribution in [0.4, 0.5) is 8.78 Å². The minimum atomic E-state index is -2.78. The minimum Gasteiger partial charge on any atom is -0.207 e. The molecule has 0 radical (unpaired) electrons. The zero-order chi connectivity index (χ0) is 8.41. The lowest BCUT2D eigenvalue weighted by atomic mass is 10.1. The molecule has 0 unspecified atom stereocenters. The van der Waals surface area contributed by atoms with Gasteiger partial charge in [-0.15, -0.1) is 23.2 Å². The van der Waals surface area contributed by atoms with Crippen LogP contribution in [0, 0.1) is 0 Å². The van der Waals surface area contributed by atoms with Crippen molar-refractivity contribution in [1.29, 1.82) is 0 Å². The Morgan fingerprint density at radius 1 is 1.30 bits per heavy atom. The predicted octanol–water partition coefficient (Wildman–Crippen LogP) is 3.62. The van der Waals surface area contributed by atoms with Gasteiger partial charge in [0, 0.05) is 6.42 Å². The van der Waals surface area contributed by atoms with Gasteiger partial charge in [0.1, 0.15) is 4.33 Å². The summed E-state index contributed by atoms with van der Waals surface area (Å²) < 4.78 is 23.2. The Morgan fingerprint density at radius 3 is 1.80 bits per heavy atom. The van der Waals surface area contributed by atoms with Gasteiger partial charge in [0.25, 0.3) is 0 Å². The first kappa shape index (κ1) is 10.4. The molecule has 0 atom stereocenters. The van der Waals surface area contributed by atoms with Crippen LogP contribution in [0.15, 0.2) is 0 Å². The lowest BCUT2D eigenvalue weighted by Gasteiger charge is -2.21. The summed E-state index contributed by atoms with van der Waals surface area (Å²) in [4.78, 5) is 0. The third-order valence-electron chi connectivity index (χ3n) is 1.09. The molecule has 0 fully saturated rings. The summed E-state index contributed by atoms with van der Waals surface area (Å²) in [5.74, 6) is -2.78. The fourth-order valence-electron chi connectivity index (χ4n) is 0.579. The highest BCUT2D eigenvalue weighted by molar-refractivity contribution is 6.48. The Kier molecular flexibility index (Phi) is 3.37. The Balaban J connectivity index is 3.89. The first-order chi connectivity index (χ1) is 4.27. The first-order valence-corrected chi connectivity index (χ1v) is 3.78. The molecule has 0 N–H and O–H groups in total. The van der Waals surface area contributed by atoms with Crippen LogP contribution in [-0.4, -0.2) is 10.3 Å². The molecule has 0 heterocycles. The zero-order valence-electron chi connectivity index (χ0n) is 5.93. The van der Waals surface area contributed by atoms with Gasteiger partial charge in [-0.05, 0) is 13.3 Å². The van der Waals surface area contributed by atoms with Gasteiger partial charge in [0.05, 0.1) is 0 Å². The summed E-state index contributed by atoms with van der Waals surface area (Å²) in [7, 11) is 0. The van der Waals surface area contributed by atoms with Gasteiger partial charge in [-0.1, -0.05) is 6.92 Å². The van der Waals surface area contributed by atoms with Gasteiger partial charge >= 0.3 is 0 Å². The van der Waals surface area contributed by atoms with Crippen LogP contribution in [0.5, 0.6) is 0 Å². The molecule has 0 spiro atoms. The summed E-state index contributed by atoms with van der Waals surface area (Å²) in [5.41, 5.74) is 0. The molecule has 62 valence electrons. The van der Waals surface area contributed by atoms with E-state index in [1.807, 2.05) is 0 Å². The molecule has 0 bridgehead atoms. The minimum absolute atomic E-state index is 0.333. The van der Waals surface area contributed by atoms with E-state index >= 15 is 0 Å². The molecular weight excluding hydrogens is 181 g/mol. The van der Waals surface area contributed by atoms with Gasteiger partial charge in [-0.2, -0.15) is 0 Å². The van der Waals surface area contributed by atoms with Crippen LogP contribution < -0.4 is 0 Å². The van der Waals surface area contributed by atoms with Crippen molar-refractivity contribution in [3.63, 3.8) is 0 Å². The van der Waals surface area contributed by atoms with Crippen LogP contribution in [-0.2, 0) is 0 Å². The van der Waals surface area contributed by atoms with E-state index < -0.39 is 16.7 Å². The van der Waals surface area contributed by atoms with Crippen LogP contribution >= 0.6 is 23.2 Å². The van der Waals surface area contributed by atoms with E-state index in [2.05, 4.69) is 0 Å². The Morgan fingerprint density at radius 2 is 1.70 bits per heavy atom.